The van der Waals surface area contributed by atoms with E-state index >= 15 is 0 Å². The van der Waals surface area contributed by atoms with E-state index < -0.39 is 0 Å². The molecule has 0 spiro atoms. The molecule has 0 saturated heterocycles. The molecule has 0 aliphatic heterocycles. The standard InChI is InChI=1S/C29H51N7O/c1-5-23-20(4)27(23)36(13-12-30)26(37)17-33-19(3)16-29(28(31)34-35-32)24-9-7-6-8-21(24)15-22-14-18(2)10-11-25(22)29/h18-25,27,33,35H,5-11,13-17,32H2,1-4H3,(H2,31,34)/t18-,19-,20?,21?,22?,23?,24?,25?,27?,29?/m1/s1. The van der Waals surface area contributed by atoms with Crippen molar-refractivity contribution in [3.05, 3.63) is 0 Å². The molecule has 8 heteroatoms. The maximum atomic E-state index is 13.3. The fourth-order valence-corrected chi connectivity index (χ4v) is 9.26. The first-order chi connectivity index (χ1) is 17.8. The lowest BCUT2D eigenvalue weighted by atomic mass is 9.45. The highest BCUT2D eigenvalue weighted by atomic mass is 16.2. The maximum absolute atomic E-state index is 13.3. The van der Waals surface area contributed by atoms with Gasteiger partial charge in [-0.3, -0.25) is 4.79 Å². The Morgan fingerprint density at radius 1 is 1.16 bits per heavy atom. The van der Waals surface area contributed by atoms with E-state index in [0.717, 1.165) is 18.8 Å². The summed E-state index contributed by atoms with van der Waals surface area (Å²) in [5.41, 5.74) is 9.22. The van der Waals surface area contributed by atoms with E-state index in [2.05, 4.69) is 49.7 Å². The van der Waals surface area contributed by atoms with Gasteiger partial charge in [-0.2, -0.15) is 10.4 Å². The van der Waals surface area contributed by atoms with E-state index in [-0.39, 0.29) is 36.5 Å². The summed E-state index contributed by atoms with van der Waals surface area (Å²) in [7, 11) is 0. The van der Waals surface area contributed by atoms with Gasteiger partial charge in [0.25, 0.3) is 0 Å². The summed E-state index contributed by atoms with van der Waals surface area (Å²) in [5, 5.41) is 17.4. The van der Waals surface area contributed by atoms with Gasteiger partial charge in [0.15, 0.2) is 0 Å². The van der Waals surface area contributed by atoms with Crippen LogP contribution in [0.2, 0.25) is 0 Å². The highest BCUT2D eigenvalue weighted by molar-refractivity contribution is 5.87. The Labute approximate surface area is 224 Å². The van der Waals surface area contributed by atoms with Crippen LogP contribution >= 0.6 is 0 Å². The average Bonchev–Trinajstić information content (AvgIpc) is 3.54. The predicted molar refractivity (Wildman–Crippen MR) is 148 cm³/mol. The number of carbonyl (C=O) groups is 1. The van der Waals surface area contributed by atoms with Crippen molar-refractivity contribution in [2.75, 3.05) is 13.1 Å². The monoisotopic (exact) mass is 513 g/mol. The molecular formula is C29H51N7O. The first-order valence-corrected chi connectivity index (χ1v) is 15.0. The molecule has 4 fully saturated rings. The molecule has 4 aliphatic rings. The van der Waals surface area contributed by atoms with Crippen LogP contribution in [0.3, 0.4) is 0 Å². The second-order valence-electron chi connectivity index (χ2n) is 12.9. The predicted octanol–water partition coefficient (Wildman–Crippen LogP) is 3.74. The minimum absolute atomic E-state index is 0.0315. The lowest BCUT2D eigenvalue weighted by Gasteiger charge is -2.60. The Kier molecular flexibility index (Phi) is 9.06. The quantitative estimate of drug-likeness (QED) is 0.116. The molecular weight excluding hydrogens is 462 g/mol. The van der Waals surface area contributed by atoms with E-state index in [9.17, 15) is 10.1 Å². The Morgan fingerprint density at radius 2 is 1.89 bits per heavy atom. The van der Waals surface area contributed by atoms with Crippen molar-refractivity contribution in [1.82, 2.24) is 15.8 Å². The topological polar surface area (TPSA) is 133 Å². The van der Waals surface area contributed by atoms with E-state index in [0.29, 0.717) is 41.3 Å². The molecule has 8 nitrogen and oxygen atoms in total. The molecule has 4 aliphatic carbocycles. The van der Waals surface area contributed by atoms with Crippen LogP contribution < -0.4 is 22.4 Å². The summed E-state index contributed by atoms with van der Waals surface area (Å²) in [4.78, 5) is 15.1. The first-order valence-electron chi connectivity index (χ1n) is 15.0. The number of amides is 1. The summed E-state index contributed by atoms with van der Waals surface area (Å²) in [5.74, 6) is 10.5. The zero-order chi connectivity index (χ0) is 26.7. The number of rotatable bonds is 10. The Bertz CT molecular complexity index is 871. The number of nitriles is 1. The van der Waals surface area contributed by atoms with Crippen LogP contribution in [0.1, 0.15) is 91.9 Å². The fraction of sp³-hybridized carbons (Fsp3) is 0.897. The van der Waals surface area contributed by atoms with Crippen molar-refractivity contribution in [1.29, 1.82) is 5.26 Å². The van der Waals surface area contributed by atoms with Crippen molar-refractivity contribution in [2.24, 2.45) is 63.5 Å². The van der Waals surface area contributed by atoms with E-state index in [4.69, 9.17) is 11.6 Å². The number of nitrogens with zero attached hydrogens (tertiary/aromatic N) is 3. The van der Waals surface area contributed by atoms with Gasteiger partial charge < -0.3 is 16.0 Å². The number of hydrazone groups is 1. The van der Waals surface area contributed by atoms with Crippen molar-refractivity contribution in [3.8, 4) is 6.07 Å². The van der Waals surface area contributed by atoms with Gasteiger partial charge in [-0.05, 0) is 80.5 Å². The number of fused-ring (bicyclic) bond motifs is 2. The number of hydrogen-bond donors (Lipinski definition) is 4. The Morgan fingerprint density at radius 3 is 2.57 bits per heavy atom. The van der Waals surface area contributed by atoms with Crippen molar-refractivity contribution in [2.45, 2.75) is 104 Å². The summed E-state index contributed by atoms with van der Waals surface area (Å²) in [6.07, 6.45) is 12.0. The normalized spacial score (nSPS) is 40.1. The van der Waals surface area contributed by atoms with Crippen LogP contribution in [-0.2, 0) is 4.79 Å². The number of amidine groups is 1. The summed E-state index contributed by atoms with van der Waals surface area (Å²) in [6.45, 7) is 9.36. The fourth-order valence-electron chi connectivity index (χ4n) is 9.26. The maximum Gasteiger partial charge on any atom is 0.237 e. The van der Waals surface area contributed by atoms with Gasteiger partial charge in [0, 0.05) is 17.5 Å². The number of hydrazine groups is 1. The minimum Gasteiger partial charge on any atom is -0.385 e. The molecule has 0 aromatic heterocycles. The van der Waals surface area contributed by atoms with Gasteiger partial charge in [0.05, 0.1) is 12.6 Å². The SMILES string of the molecule is CCC1C(C)C1N(CC#N)C(=O)CN[C@H](C)CC1(/C(N)=N/NN)C2CCCCC2CC2C[C@H](C)CCC21. The molecule has 0 aromatic rings. The lowest BCUT2D eigenvalue weighted by Crippen LogP contribution is -2.60. The van der Waals surface area contributed by atoms with Gasteiger partial charge in [0.2, 0.25) is 5.91 Å². The summed E-state index contributed by atoms with van der Waals surface area (Å²) >= 11 is 0. The van der Waals surface area contributed by atoms with Crippen LogP contribution in [0.25, 0.3) is 0 Å². The number of hydrogen-bond acceptors (Lipinski definition) is 6. The van der Waals surface area contributed by atoms with Crippen molar-refractivity contribution < 1.29 is 4.79 Å². The Hall–Kier alpha value is -1.85. The van der Waals surface area contributed by atoms with Crippen LogP contribution in [0.4, 0.5) is 0 Å². The van der Waals surface area contributed by atoms with Crippen molar-refractivity contribution in [3.63, 3.8) is 0 Å². The molecule has 208 valence electrons. The molecule has 4 rings (SSSR count). The zero-order valence-electron chi connectivity index (χ0n) is 23.6. The Balaban J connectivity index is 1.53. The second-order valence-corrected chi connectivity index (χ2v) is 12.9. The van der Waals surface area contributed by atoms with Gasteiger partial charge in [-0.15, -0.1) is 0 Å². The molecule has 10 atom stereocenters. The largest absolute Gasteiger partial charge is 0.385 e. The van der Waals surface area contributed by atoms with Gasteiger partial charge >= 0.3 is 0 Å². The third kappa shape index (κ3) is 5.49. The molecule has 4 saturated carbocycles. The molecule has 0 radical (unpaired) electrons. The van der Waals surface area contributed by atoms with Crippen molar-refractivity contribution >= 4 is 11.7 Å². The van der Waals surface area contributed by atoms with E-state index in [1.54, 1.807) is 4.90 Å². The molecule has 8 unspecified atom stereocenters. The van der Waals surface area contributed by atoms with Crippen LogP contribution in [0, 0.1) is 58.2 Å². The second kappa shape index (κ2) is 11.9. The number of nitrogens with one attached hydrogen (secondary N) is 2. The zero-order valence-corrected chi connectivity index (χ0v) is 23.6. The highest BCUT2D eigenvalue weighted by Crippen LogP contribution is 2.61. The van der Waals surface area contributed by atoms with E-state index in [1.165, 1.54) is 51.4 Å². The van der Waals surface area contributed by atoms with Gasteiger partial charge in [0.1, 0.15) is 12.4 Å². The van der Waals surface area contributed by atoms with Crippen LogP contribution in [-0.4, -0.2) is 41.8 Å². The number of carbonyl (C=O) groups excluding carboxylic acids is 1. The highest BCUT2D eigenvalue weighted by Gasteiger charge is 2.58. The van der Waals surface area contributed by atoms with Crippen LogP contribution in [0.15, 0.2) is 5.10 Å². The van der Waals surface area contributed by atoms with Gasteiger partial charge in [-0.25, -0.2) is 11.4 Å². The number of nitrogens with two attached hydrogens (primary N) is 2. The molecule has 0 bridgehead atoms. The third-order valence-corrected chi connectivity index (χ3v) is 10.9. The molecule has 0 heterocycles. The van der Waals surface area contributed by atoms with Gasteiger partial charge in [-0.1, -0.05) is 52.9 Å². The molecule has 0 aromatic carbocycles. The van der Waals surface area contributed by atoms with E-state index in [1.807, 2.05) is 0 Å². The third-order valence-electron chi connectivity index (χ3n) is 10.9. The van der Waals surface area contributed by atoms with Crippen LogP contribution in [0.5, 0.6) is 0 Å². The first kappa shape index (κ1) is 28.2. The lowest BCUT2D eigenvalue weighted by molar-refractivity contribution is -0.130. The average molecular weight is 514 g/mol. The molecule has 37 heavy (non-hydrogen) atoms. The molecule has 6 N–H and O–H groups in total. The summed E-state index contributed by atoms with van der Waals surface area (Å²) < 4.78 is 0. The minimum atomic E-state index is -0.208. The smallest absolute Gasteiger partial charge is 0.237 e. The summed E-state index contributed by atoms with van der Waals surface area (Å²) in [6, 6.07) is 2.51. The molecule has 1 amide bonds.